The Kier molecular flexibility index (Phi) is 7.06. The van der Waals surface area contributed by atoms with E-state index in [0.29, 0.717) is 12.1 Å². The Hall–Kier alpha value is -1.09. The molecule has 0 aliphatic carbocycles. The molecule has 6 nitrogen and oxygen atoms in total. The summed E-state index contributed by atoms with van der Waals surface area (Å²) in [5, 5.41) is 2.66. The van der Waals surface area contributed by atoms with E-state index in [2.05, 4.69) is 10.0 Å². The molecule has 1 aromatic carbocycles. The van der Waals surface area contributed by atoms with Crippen LogP contribution < -0.4 is 15.8 Å². The van der Waals surface area contributed by atoms with Gasteiger partial charge in [0.1, 0.15) is 0 Å². The molecule has 0 saturated heterocycles. The van der Waals surface area contributed by atoms with Crippen LogP contribution in [0.25, 0.3) is 0 Å². The summed E-state index contributed by atoms with van der Waals surface area (Å²) in [6, 6.07) is 5.51. The van der Waals surface area contributed by atoms with Crippen LogP contribution in [-0.2, 0) is 14.8 Å². The van der Waals surface area contributed by atoms with E-state index in [0.717, 1.165) is 5.75 Å². The van der Waals surface area contributed by atoms with Gasteiger partial charge in [-0.1, -0.05) is 6.07 Å². The van der Waals surface area contributed by atoms with Crippen molar-refractivity contribution in [2.45, 2.75) is 43.7 Å². The predicted octanol–water partition coefficient (Wildman–Crippen LogP) is 1.78. The molecule has 130 valence electrons. The lowest BCUT2D eigenvalue weighted by Gasteiger charge is -2.20. The summed E-state index contributed by atoms with van der Waals surface area (Å²) in [6.07, 6.45) is 2.51. The minimum absolute atomic E-state index is 0.0999. The van der Waals surface area contributed by atoms with Crippen molar-refractivity contribution in [3.63, 3.8) is 0 Å². The van der Waals surface area contributed by atoms with Gasteiger partial charge in [0.25, 0.3) is 0 Å². The van der Waals surface area contributed by atoms with Gasteiger partial charge in [0.05, 0.1) is 10.9 Å². The molecule has 0 fully saturated rings. The Morgan fingerprint density at radius 2 is 2.00 bits per heavy atom. The lowest BCUT2D eigenvalue weighted by molar-refractivity contribution is -0.117. The van der Waals surface area contributed by atoms with E-state index in [1.807, 2.05) is 6.26 Å². The van der Waals surface area contributed by atoms with E-state index in [1.54, 1.807) is 44.7 Å². The van der Waals surface area contributed by atoms with Crippen molar-refractivity contribution in [3.05, 3.63) is 24.3 Å². The molecule has 1 amide bonds. The number of anilines is 1. The van der Waals surface area contributed by atoms with Crippen molar-refractivity contribution in [3.8, 4) is 0 Å². The molecule has 0 aliphatic heterocycles. The molecule has 0 saturated carbocycles. The minimum atomic E-state index is -3.65. The van der Waals surface area contributed by atoms with Gasteiger partial charge in [0.2, 0.25) is 15.9 Å². The molecule has 1 rings (SSSR count). The molecule has 0 aliphatic rings. The molecule has 23 heavy (non-hydrogen) atoms. The summed E-state index contributed by atoms with van der Waals surface area (Å²) in [6.45, 7) is 5.29. The summed E-state index contributed by atoms with van der Waals surface area (Å²) >= 11 is 1.62. The maximum Gasteiger partial charge on any atom is 0.241 e. The van der Waals surface area contributed by atoms with Crippen LogP contribution in [0.5, 0.6) is 0 Å². The Morgan fingerprint density at radius 3 is 2.57 bits per heavy atom. The molecule has 1 atom stereocenters. The zero-order valence-electron chi connectivity index (χ0n) is 13.9. The van der Waals surface area contributed by atoms with Crippen LogP contribution in [0.1, 0.15) is 27.2 Å². The summed E-state index contributed by atoms with van der Waals surface area (Å²) in [4.78, 5) is 12.1. The van der Waals surface area contributed by atoms with Crippen molar-refractivity contribution in [1.29, 1.82) is 0 Å². The highest BCUT2D eigenvalue weighted by Gasteiger charge is 2.22. The van der Waals surface area contributed by atoms with Crippen molar-refractivity contribution < 1.29 is 13.2 Å². The molecule has 0 heterocycles. The first-order valence-electron chi connectivity index (χ1n) is 7.24. The van der Waals surface area contributed by atoms with Crippen LogP contribution >= 0.6 is 11.8 Å². The first kappa shape index (κ1) is 20.0. The molecule has 0 unspecified atom stereocenters. The number of carbonyl (C=O) groups is 1. The molecule has 8 heteroatoms. The molecular formula is C15H25N3O3S2. The maximum absolute atomic E-state index is 12.3. The highest BCUT2D eigenvalue weighted by molar-refractivity contribution is 7.98. The summed E-state index contributed by atoms with van der Waals surface area (Å²) < 4.78 is 27.2. The third-order valence-electron chi connectivity index (χ3n) is 2.82. The third-order valence-corrected chi connectivity index (χ3v) is 5.22. The van der Waals surface area contributed by atoms with Gasteiger partial charge >= 0.3 is 0 Å². The molecule has 1 aromatic rings. The van der Waals surface area contributed by atoms with E-state index >= 15 is 0 Å². The number of nitrogens with one attached hydrogen (secondary N) is 2. The van der Waals surface area contributed by atoms with Crippen LogP contribution in [0.3, 0.4) is 0 Å². The highest BCUT2D eigenvalue weighted by atomic mass is 32.2. The third kappa shape index (κ3) is 6.90. The van der Waals surface area contributed by atoms with Crippen LogP contribution in [0.4, 0.5) is 5.69 Å². The van der Waals surface area contributed by atoms with Crippen molar-refractivity contribution in [2.75, 3.05) is 17.3 Å². The van der Waals surface area contributed by atoms with Crippen LogP contribution in [-0.4, -0.2) is 37.9 Å². The standard InChI is InChI=1S/C15H25N3O3S2/c1-15(2,3)18-23(20,21)12-7-5-6-11(10-12)17-14(19)13(16)8-9-22-4/h5-7,10,13,18H,8-9,16H2,1-4H3,(H,17,19)/t13-/m0/s1. The Balaban J connectivity index is 2.87. The molecule has 0 bridgehead atoms. The Labute approximate surface area is 142 Å². The normalized spacial score (nSPS) is 13.6. The van der Waals surface area contributed by atoms with Gasteiger partial charge in [-0.05, 0) is 57.4 Å². The number of carbonyl (C=O) groups excluding carboxylic acids is 1. The van der Waals surface area contributed by atoms with Gasteiger partial charge in [-0.25, -0.2) is 13.1 Å². The number of benzene rings is 1. The molecule has 4 N–H and O–H groups in total. The van der Waals surface area contributed by atoms with Gasteiger partial charge in [0, 0.05) is 11.2 Å². The van der Waals surface area contributed by atoms with Gasteiger partial charge in [-0.15, -0.1) is 0 Å². The fourth-order valence-electron chi connectivity index (χ4n) is 1.81. The predicted molar refractivity (Wildman–Crippen MR) is 96.1 cm³/mol. The number of hydrogen-bond donors (Lipinski definition) is 3. The smallest absolute Gasteiger partial charge is 0.241 e. The average Bonchev–Trinajstić information content (AvgIpc) is 2.42. The van der Waals surface area contributed by atoms with Gasteiger partial charge < -0.3 is 11.1 Å². The number of nitrogens with two attached hydrogens (primary N) is 1. The quantitative estimate of drug-likeness (QED) is 0.689. The number of rotatable bonds is 7. The van der Waals surface area contributed by atoms with Crippen molar-refractivity contribution in [1.82, 2.24) is 4.72 Å². The topological polar surface area (TPSA) is 101 Å². The van der Waals surface area contributed by atoms with Crippen LogP contribution in [0.15, 0.2) is 29.2 Å². The number of thioether (sulfide) groups is 1. The molecular weight excluding hydrogens is 334 g/mol. The second-order valence-electron chi connectivity index (χ2n) is 6.26. The minimum Gasteiger partial charge on any atom is -0.325 e. The van der Waals surface area contributed by atoms with E-state index in [1.165, 1.54) is 12.1 Å². The second-order valence-corrected chi connectivity index (χ2v) is 8.93. The first-order chi connectivity index (χ1) is 10.5. The monoisotopic (exact) mass is 359 g/mol. The van der Waals surface area contributed by atoms with Crippen LogP contribution in [0.2, 0.25) is 0 Å². The Bertz CT molecular complexity index is 640. The SMILES string of the molecule is CSCC[C@H](N)C(=O)Nc1cccc(S(=O)(=O)NC(C)(C)C)c1. The summed E-state index contributed by atoms with van der Waals surface area (Å²) in [5.41, 5.74) is 5.63. The van der Waals surface area contributed by atoms with Gasteiger partial charge in [-0.3, -0.25) is 4.79 Å². The highest BCUT2D eigenvalue weighted by Crippen LogP contribution is 2.17. The maximum atomic E-state index is 12.3. The Morgan fingerprint density at radius 1 is 1.35 bits per heavy atom. The largest absolute Gasteiger partial charge is 0.325 e. The van der Waals surface area contributed by atoms with Gasteiger partial charge in [-0.2, -0.15) is 11.8 Å². The summed E-state index contributed by atoms with van der Waals surface area (Å²) in [7, 11) is -3.65. The van der Waals surface area contributed by atoms with Crippen molar-refractivity contribution in [2.24, 2.45) is 5.73 Å². The number of amides is 1. The first-order valence-corrected chi connectivity index (χ1v) is 10.1. The molecule has 0 spiro atoms. The number of hydrogen-bond acceptors (Lipinski definition) is 5. The zero-order chi connectivity index (χ0) is 17.7. The second kappa shape index (κ2) is 8.14. The molecule has 0 radical (unpaired) electrons. The average molecular weight is 360 g/mol. The van der Waals surface area contributed by atoms with E-state index < -0.39 is 21.6 Å². The van der Waals surface area contributed by atoms with Gasteiger partial charge in [0.15, 0.2) is 0 Å². The number of sulfonamides is 1. The van der Waals surface area contributed by atoms with Crippen molar-refractivity contribution >= 4 is 33.4 Å². The lowest BCUT2D eigenvalue weighted by atomic mass is 10.1. The molecule has 0 aromatic heterocycles. The van der Waals surface area contributed by atoms with E-state index in [-0.39, 0.29) is 10.8 Å². The summed E-state index contributed by atoms with van der Waals surface area (Å²) in [5.74, 6) is 0.468. The fourth-order valence-corrected chi connectivity index (χ4v) is 3.77. The van der Waals surface area contributed by atoms with Crippen LogP contribution in [0, 0.1) is 0 Å². The van der Waals surface area contributed by atoms with E-state index in [4.69, 9.17) is 5.73 Å². The fraction of sp³-hybridized carbons (Fsp3) is 0.533. The zero-order valence-corrected chi connectivity index (χ0v) is 15.6. The lowest BCUT2D eigenvalue weighted by Crippen LogP contribution is -2.40. The van der Waals surface area contributed by atoms with E-state index in [9.17, 15) is 13.2 Å².